The molecule has 6 heteroatoms. The van der Waals surface area contributed by atoms with Gasteiger partial charge < -0.3 is 15.2 Å². The van der Waals surface area contributed by atoms with Crippen molar-refractivity contribution in [1.29, 1.82) is 0 Å². The van der Waals surface area contributed by atoms with E-state index in [0.717, 1.165) is 12.1 Å². The summed E-state index contributed by atoms with van der Waals surface area (Å²) in [7, 11) is 0. The van der Waals surface area contributed by atoms with Crippen LogP contribution in [-0.4, -0.2) is 24.7 Å². The average molecular weight is 301 g/mol. The molecule has 4 nitrogen and oxygen atoms in total. The van der Waals surface area contributed by atoms with Crippen molar-refractivity contribution in [2.45, 2.75) is 38.6 Å². The van der Waals surface area contributed by atoms with Gasteiger partial charge in [-0.25, -0.2) is 8.78 Å². The van der Waals surface area contributed by atoms with Crippen molar-refractivity contribution < 1.29 is 23.0 Å². The number of rotatable bonds is 8. The first-order valence-corrected chi connectivity index (χ1v) is 6.91. The summed E-state index contributed by atoms with van der Waals surface area (Å²) in [6, 6.07) is 3.15. The number of unbranched alkanes of at least 4 members (excludes halogenated alkanes) is 1. The highest BCUT2D eigenvalue weighted by Crippen LogP contribution is 2.18. The van der Waals surface area contributed by atoms with Crippen LogP contribution in [0, 0.1) is 11.6 Å². The van der Waals surface area contributed by atoms with E-state index in [2.05, 4.69) is 0 Å². The molecule has 1 atom stereocenters. The van der Waals surface area contributed by atoms with Gasteiger partial charge in [0.2, 0.25) is 0 Å². The lowest BCUT2D eigenvalue weighted by Gasteiger charge is -2.21. The van der Waals surface area contributed by atoms with Gasteiger partial charge in [-0.15, -0.1) is 0 Å². The van der Waals surface area contributed by atoms with Crippen molar-refractivity contribution in [2.24, 2.45) is 5.73 Å². The smallest absolute Gasteiger partial charge is 0.325 e. The van der Waals surface area contributed by atoms with Crippen LogP contribution in [0.4, 0.5) is 8.78 Å². The molecule has 0 aliphatic heterocycles. The Bertz CT molecular complexity index is 478. The molecule has 118 valence electrons. The van der Waals surface area contributed by atoms with Gasteiger partial charge in [0.15, 0.2) is 11.6 Å². The van der Waals surface area contributed by atoms with Crippen molar-refractivity contribution in [3.8, 4) is 5.75 Å². The summed E-state index contributed by atoms with van der Waals surface area (Å²) in [5.74, 6) is -1.80. The number of benzene rings is 1. The zero-order valence-electron chi connectivity index (χ0n) is 12.3. The van der Waals surface area contributed by atoms with E-state index in [1.807, 2.05) is 0 Å². The number of carbonyl (C=O) groups is 1. The van der Waals surface area contributed by atoms with Crippen molar-refractivity contribution in [2.75, 3.05) is 13.2 Å². The number of carbonyl (C=O) groups excluding carboxylic acids is 1. The van der Waals surface area contributed by atoms with E-state index in [9.17, 15) is 13.6 Å². The van der Waals surface area contributed by atoms with Gasteiger partial charge in [-0.1, -0.05) is 0 Å². The number of esters is 1. The molecule has 0 aliphatic rings. The molecule has 0 fully saturated rings. The van der Waals surface area contributed by atoms with Gasteiger partial charge in [0, 0.05) is 6.07 Å². The first-order chi connectivity index (χ1) is 9.86. The molecule has 0 aliphatic carbocycles. The van der Waals surface area contributed by atoms with Gasteiger partial charge in [-0.2, -0.15) is 0 Å². The number of halogens is 2. The maximum Gasteiger partial charge on any atom is 0.325 e. The van der Waals surface area contributed by atoms with Crippen LogP contribution in [-0.2, 0) is 9.53 Å². The Morgan fingerprint density at radius 2 is 2.05 bits per heavy atom. The maximum atomic E-state index is 13.3. The lowest BCUT2D eigenvalue weighted by molar-refractivity contribution is -0.149. The average Bonchev–Trinajstić information content (AvgIpc) is 2.40. The van der Waals surface area contributed by atoms with Crippen LogP contribution >= 0.6 is 0 Å². The van der Waals surface area contributed by atoms with Crippen LogP contribution in [0.5, 0.6) is 5.75 Å². The third kappa shape index (κ3) is 5.67. The van der Waals surface area contributed by atoms with Crippen molar-refractivity contribution >= 4 is 5.97 Å². The van der Waals surface area contributed by atoms with Crippen LogP contribution in [0.15, 0.2) is 18.2 Å². The minimum Gasteiger partial charge on any atom is -0.491 e. The van der Waals surface area contributed by atoms with Crippen LogP contribution in [0.2, 0.25) is 0 Å². The second-order valence-electron chi connectivity index (χ2n) is 5.02. The largest absolute Gasteiger partial charge is 0.491 e. The van der Waals surface area contributed by atoms with Gasteiger partial charge in [-0.3, -0.25) is 4.79 Å². The number of hydrogen-bond donors (Lipinski definition) is 1. The maximum absolute atomic E-state index is 13.3. The molecule has 1 rings (SSSR count). The number of nitrogens with two attached hydrogens (primary N) is 1. The zero-order valence-corrected chi connectivity index (χ0v) is 12.3. The summed E-state index contributed by atoms with van der Waals surface area (Å²) >= 11 is 0. The Hall–Kier alpha value is -1.69. The summed E-state index contributed by atoms with van der Waals surface area (Å²) in [6.07, 6.45) is 1.68. The van der Waals surface area contributed by atoms with Crippen LogP contribution in [0.1, 0.15) is 33.1 Å². The molecule has 1 unspecified atom stereocenters. The highest BCUT2D eigenvalue weighted by molar-refractivity contribution is 5.79. The predicted octanol–water partition coefficient (Wildman–Crippen LogP) is 2.79. The van der Waals surface area contributed by atoms with Gasteiger partial charge in [0.25, 0.3) is 0 Å². The highest BCUT2D eigenvalue weighted by Gasteiger charge is 2.29. The number of ether oxygens (including phenoxy) is 2. The van der Waals surface area contributed by atoms with E-state index in [0.29, 0.717) is 25.9 Å². The standard InChI is InChI=1S/C15H21F2NO3/c1-3-20-14(19)15(2,18)8-4-5-9-21-13-7-6-11(16)10-12(13)17/h6-7,10H,3-5,8-9,18H2,1-2H3. The van der Waals surface area contributed by atoms with Crippen molar-refractivity contribution in [1.82, 2.24) is 0 Å². The summed E-state index contributed by atoms with van der Waals surface area (Å²) in [6.45, 7) is 3.89. The van der Waals surface area contributed by atoms with Crippen LogP contribution in [0.25, 0.3) is 0 Å². The topological polar surface area (TPSA) is 61.5 Å². The first kappa shape index (κ1) is 17.4. The predicted molar refractivity (Wildman–Crippen MR) is 74.9 cm³/mol. The molecule has 2 N–H and O–H groups in total. The second kappa shape index (κ2) is 7.93. The third-order valence-corrected chi connectivity index (χ3v) is 2.98. The zero-order chi connectivity index (χ0) is 15.9. The summed E-state index contributed by atoms with van der Waals surface area (Å²) in [5, 5.41) is 0. The fourth-order valence-corrected chi connectivity index (χ4v) is 1.77. The van der Waals surface area contributed by atoms with E-state index < -0.39 is 23.1 Å². The molecule has 0 radical (unpaired) electrons. The molecule has 1 aromatic carbocycles. The van der Waals surface area contributed by atoms with Gasteiger partial charge in [0.1, 0.15) is 11.4 Å². The van der Waals surface area contributed by atoms with E-state index in [1.165, 1.54) is 6.07 Å². The first-order valence-electron chi connectivity index (χ1n) is 6.91. The minimum absolute atomic E-state index is 0.0114. The second-order valence-corrected chi connectivity index (χ2v) is 5.02. The van der Waals surface area contributed by atoms with Gasteiger partial charge in [-0.05, 0) is 45.2 Å². The summed E-state index contributed by atoms with van der Waals surface area (Å²) < 4.78 is 36.1. The fraction of sp³-hybridized carbons (Fsp3) is 0.533. The highest BCUT2D eigenvalue weighted by atomic mass is 19.1. The summed E-state index contributed by atoms with van der Waals surface area (Å²) in [4.78, 5) is 11.6. The molecule has 0 aromatic heterocycles. The van der Waals surface area contributed by atoms with E-state index in [-0.39, 0.29) is 12.4 Å². The lowest BCUT2D eigenvalue weighted by Crippen LogP contribution is -2.46. The molecule has 0 spiro atoms. The molecule has 0 heterocycles. The van der Waals surface area contributed by atoms with Crippen LogP contribution < -0.4 is 10.5 Å². The SMILES string of the molecule is CCOC(=O)C(C)(N)CCCCOc1ccc(F)cc1F. The number of hydrogen-bond acceptors (Lipinski definition) is 4. The van der Waals surface area contributed by atoms with E-state index in [1.54, 1.807) is 13.8 Å². The molecule has 21 heavy (non-hydrogen) atoms. The summed E-state index contributed by atoms with van der Waals surface area (Å²) in [5.41, 5.74) is 4.83. The molecular formula is C15H21F2NO3. The molecule has 1 aromatic rings. The molecule has 0 saturated carbocycles. The van der Waals surface area contributed by atoms with Crippen molar-refractivity contribution in [3.63, 3.8) is 0 Å². The normalized spacial score (nSPS) is 13.6. The van der Waals surface area contributed by atoms with Crippen LogP contribution in [0.3, 0.4) is 0 Å². The monoisotopic (exact) mass is 301 g/mol. The molecule has 0 saturated heterocycles. The fourth-order valence-electron chi connectivity index (χ4n) is 1.77. The lowest BCUT2D eigenvalue weighted by atomic mass is 9.96. The Kier molecular flexibility index (Phi) is 6.55. The Labute approximate surface area is 123 Å². The Balaban J connectivity index is 2.30. The Morgan fingerprint density at radius 1 is 1.33 bits per heavy atom. The quantitative estimate of drug-likeness (QED) is 0.592. The molecule has 0 amide bonds. The Morgan fingerprint density at radius 3 is 2.67 bits per heavy atom. The van der Waals surface area contributed by atoms with E-state index in [4.69, 9.17) is 15.2 Å². The van der Waals surface area contributed by atoms with Gasteiger partial charge in [0.05, 0.1) is 13.2 Å². The van der Waals surface area contributed by atoms with E-state index >= 15 is 0 Å². The molecular weight excluding hydrogens is 280 g/mol. The van der Waals surface area contributed by atoms with Gasteiger partial charge >= 0.3 is 5.97 Å². The van der Waals surface area contributed by atoms with Crippen molar-refractivity contribution in [3.05, 3.63) is 29.8 Å². The minimum atomic E-state index is -1.03. The third-order valence-electron chi connectivity index (χ3n) is 2.98. The molecule has 0 bridgehead atoms.